The average molecular weight is 269 g/mol. The number of benzene rings is 1. The lowest BCUT2D eigenvalue weighted by Crippen LogP contribution is -2.29. The number of halogens is 1. The van der Waals surface area contributed by atoms with Crippen molar-refractivity contribution in [2.75, 3.05) is 0 Å². The van der Waals surface area contributed by atoms with Gasteiger partial charge in [0.2, 0.25) is 0 Å². The van der Waals surface area contributed by atoms with Gasteiger partial charge in [0.05, 0.1) is 0 Å². The Bertz CT molecular complexity index is 347. The lowest BCUT2D eigenvalue weighted by molar-refractivity contribution is 0.485. The summed E-state index contributed by atoms with van der Waals surface area (Å²) in [5.74, 6) is 6.51. The maximum Gasteiger partial charge on any atom is 0.0465 e. The summed E-state index contributed by atoms with van der Waals surface area (Å²) in [5, 5.41) is 0. The Hall–Kier alpha value is -0.380. The largest absolute Gasteiger partial charge is 0.271 e. The Labute approximate surface area is 99.3 Å². The molecule has 1 fully saturated rings. The van der Waals surface area contributed by atoms with Crippen molar-refractivity contribution >= 4 is 15.9 Å². The van der Waals surface area contributed by atoms with Crippen LogP contribution in [0.2, 0.25) is 0 Å². The molecule has 1 aromatic rings. The topological polar surface area (TPSA) is 38.0 Å². The van der Waals surface area contributed by atoms with Gasteiger partial charge >= 0.3 is 0 Å². The van der Waals surface area contributed by atoms with E-state index in [0.717, 1.165) is 16.8 Å². The van der Waals surface area contributed by atoms with E-state index in [1.807, 2.05) is 0 Å². The molecule has 0 bridgehead atoms. The standard InChI is InChI=1S/C12H17BrN2/c1-8-10(3-2-4-11(8)13)12(15-14)7-9-5-6-9/h2-4,9,12,15H,5-7,14H2,1H3. The summed E-state index contributed by atoms with van der Waals surface area (Å²) in [6.07, 6.45) is 3.89. The van der Waals surface area contributed by atoms with Gasteiger partial charge in [-0.3, -0.25) is 11.3 Å². The molecule has 1 atom stereocenters. The van der Waals surface area contributed by atoms with Crippen molar-refractivity contribution in [2.24, 2.45) is 11.8 Å². The van der Waals surface area contributed by atoms with Crippen LogP contribution in [0.5, 0.6) is 0 Å². The number of hydrogen-bond donors (Lipinski definition) is 2. The first-order valence-electron chi connectivity index (χ1n) is 5.43. The van der Waals surface area contributed by atoms with Crippen molar-refractivity contribution in [3.05, 3.63) is 33.8 Å². The lowest BCUT2D eigenvalue weighted by atomic mass is 9.97. The highest BCUT2D eigenvalue weighted by molar-refractivity contribution is 9.10. The molecular formula is C12H17BrN2. The Balaban J connectivity index is 2.20. The number of hydrogen-bond acceptors (Lipinski definition) is 2. The average Bonchev–Trinajstić information content (AvgIpc) is 3.03. The van der Waals surface area contributed by atoms with Gasteiger partial charge in [-0.25, -0.2) is 0 Å². The van der Waals surface area contributed by atoms with Gasteiger partial charge in [-0.1, -0.05) is 40.9 Å². The Morgan fingerprint density at radius 2 is 2.27 bits per heavy atom. The Kier molecular flexibility index (Phi) is 3.44. The second kappa shape index (κ2) is 4.64. The minimum atomic E-state index is 0.301. The van der Waals surface area contributed by atoms with Crippen LogP contribution >= 0.6 is 15.9 Å². The second-order valence-electron chi connectivity index (χ2n) is 4.35. The zero-order valence-electron chi connectivity index (χ0n) is 8.96. The molecule has 1 unspecified atom stereocenters. The highest BCUT2D eigenvalue weighted by atomic mass is 79.9. The van der Waals surface area contributed by atoms with E-state index in [4.69, 9.17) is 5.84 Å². The van der Waals surface area contributed by atoms with Gasteiger partial charge in [0.25, 0.3) is 0 Å². The van der Waals surface area contributed by atoms with Crippen molar-refractivity contribution in [2.45, 2.75) is 32.2 Å². The van der Waals surface area contributed by atoms with Gasteiger partial charge in [0.1, 0.15) is 0 Å². The minimum Gasteiger partial charge on any atom is -0.271 e. The van der Waals surface area contributed by atoms with E-state index < -0.39 is 0 Å². The highest BCUT2D eigenvalue weighted by Crippen LogP contribution is 2.38. The van der Waals surface area contributed by atoms with Crippen molar-refractivity contribution in [3.8, 4) is 0 Å². The molecular weight excluding hydrogens is 252 g/mol. The predicted molar refractivity (Wildman–Crippen MR) is 66.3 cm³/mol. The summed E-state index contributed by atoms with van der Waals surface area (Å²) >= 11 is 3.56. The maximum absolute atomic E-state index is 5.63. The SMILES string of the molecule is Cc1c(Br)cccc1C(CC1CC1)NN. The molecule has 1 aromatic carbocycles. The third-order valence-electron chi connectivity index (χ3n) is 3.15. The Morgan fingerprint density at radius 1 is 1.53 bits per heavy atom. The van der Waals surface area contributed by atoms with E-state index in [2.05, 4.69) is 46.5 Å². The zero-order valence-corrected chi connectivity index (χ0v) is 10.5. The van der Waals surface area contributed by atoms with Crippen LogP contribution in [0.25, 0.3) is 0 Å². The van der Waals surface area contributed by atoms with E-state index >= 15 is 0 Å². The van der Waals surface area contributed by atoms with Crippen LogP contribution in [0, 0.1) is 12.8 Å². The fourth-order valence-electron chi connectivity index (χ4n) is 1.97. The molecule has 0 amide bonds. The monoisotopic (exact) mass is 268 g/mol. The quantitative estimate of drug-likeness (QED) is 0.651. The summed E-state index contributed by atoms with van der Waals surface area (Å²) in [5.41, 5.74) is 5.55. The molecule has 3 N–H and O–H groups in total. The van der Waals surface area contributed by atoms with Crippen LogP contribution in [0.4, 0.5) is 0 Å². The molecule has 1 aliphatic carbocycles. The first kappa shape index (κ1) is 11.1. The molecule has 0 spiro atoms. The van der Waals surface area contributed by atoms with Crippen LogP contribution in [0.1, 0.15) is 36.4 Å². The van der Waals surface area contributed by atoms with Crippen molar-refractivity contribution in [3.63, 3.8) is 0 Å². The summed E-state index contributed by atoms with van der Waals surface area (Å²) in [4.78, 5) is 0. The normalized spacial score (nSPS) is 17.8. The van der Waals surface area contributed by atoms with Gasteiger partial charge in [-0.15, -0.1) is 0 Å². The first-order chi connectivity index (χ1) is 7.22. The van der Waals surface area contributed by atoms with E-state index in [0.29, 0.717) is 6.04 Å². The second-order valence-corrected chi connectivity index (χ2v) is 5.21. The molecule has 0 aliphatic heterocycles. The molecule has 0 saturated heterocycles. The Morgan fingerprint density at radius 3 is 2.87 bits per heavy atom. The van der Waals surface area contributed by atoms with Crippen molar-refractivity contribution in [1.29, 1.82) is 0 Å². The third-order valence-corrected chi connectivity index (χ3v) is 4.01. The summed E-state index contributed by atoms with van der Waals surface area (Å²) in [6.45, 7) is 2.14. The van der Waals surface area contributed by atoms with Crippen LogP contribution in [-0.2, 0) is 0 Å². The third kappa shape index (κ3) is 2.60. The highest BCUT2D eigenvalue weighted by Gasteiger charge is 2.26. The van der Waals surface area contributed by atoms with Crippen LogP contribution in [-0.4, -0.2) is 0 Å². The van der Waals surface area contributed by atoms with E-state index in [9.17, 15) is 0 Å². The van der Waals surface area contributed by atoms with E-state index in [-0.39, 0.29) is 0 Å². The van der Waals surface area contributed by atoms with E-state index in [1.165, 1.54) is 24.0 Å². The van der Waals surface area contributed by atoms with Gasteiger partial charge in [-0.05, 0) is 36.5 Å². The van der Waals surface area contributed by atoms with Crippen LogP contribution < -0.4 is 11.3 Å². The van der Waals surface area contributed by atoms with Crippen LogP contribution in [0.15, 0.2) is 22.7 Å². The number of nitrogens with one attached hydrogen (secondary N) is 1. The van der Waals surface area contributed by atoms with Gasteiger partial charge in [0.15, 0.2) is 0 Å². The zero-order chi connectivity index (χ0) is 10.8. The number of hydrazine groups is 1. The van der Waals surface area contributed by atoms with Crippen molar-refractivity contribution in [1.82, 2.24) is 5.43 Å². The van der Waals surface area contributed by atoms with Gasteiger partial charge in [0, 0.05) is 10.5 Å². The summed E-state index contributed by atoms with van der Waals surface area (Å²) in [7, 11) is 0. The molecule has 2 rings (SSSR count). The van der Waals surface area contributed by atoms with Gasteiger partial charge < -0.3 is 0 Å². The molecule has 1 saturated carbocycles. The predicted octanol–water partition coefficient (Wildman–Crippen LogP) is 3.06. The van der Waals surface area contributed by atoms with Crippen LogP contribution in [0.3, 0.4) is 0 Å². The van der Waals surface area contributed by atoms with E-state index in [1.54, 1.807) is 0 Å². The molecule has 0 heterocycles. The molecule has 3 heteroatoms. The maximum atomic E-state index is 5.63. The molecule has 82 valence electrons. The fraction of sp³-hybridized carbons (Fsp3) is 0.500. The van der Waals surface area contributed by atoms with Gasteiger partial charge in [-0.2, -0.15) is 0 Å². The molecule has 1 aliphatic rings. The first-order valence-corrected chi connectivity index (χ1v) is 6.23. The molecule has 0 radical (unpaired) electrons. The molecule has 2 nitrogen and oxygen atoms in total. The molecule has 15 heavy (non-hydrogen) atoms. The number of nitrogens with two attached hydrogens (primary N) is 1. The molecule has 0 aromatic heterocycles. The summed E-state index contributed by atoms with van der Waals surface area (Å²) < 4.78 is 1.16. The van der Waals surface area contributed by atoms with Crippen molar-refractivity contribution < 1.29 is 0 Å². The minimum absolute atomic E-state index is 0.301. The smallest absolute Gasteiger partial charge is 0.0465 e. The summed E-state index contributed by atoms with van der Waals surface area (Å²) in [6, 6.07) is 6.61. The fourth-order valence-corrected chi connectivity index (χ4v) is 2.35. The lowest BCUT2D eigenvalue weighted by Gasteiger charge is -2.19. The number of rotatable bonds is 4.